The molecule has 0 spiro atoms. The molecule has 78 valence electrons. The van der Waals surface area contributed by atoms with E-state index in [1.807, 2.05) is 0 Å². The van der Waals surface area contributed by atoms with Gasteiger partial charge in [-0.3, -0.25) is 0 Å². The lowest BCUT2D eigenvalue weighted by Gasteiger charge is -2.11. The molecule has 1 rings (SSSR count). The van der Waals surface area contributed by atoms with E-state index in [2.05, 4.69) is 0 Å². The van der Waals surface area contributed by atoms with Crippen molar-refractivity contribution in [2.75, 3.05) is 12.3 Å². The molecule has 0 saturated carbocycles. The molecule has 0 aliphatic heterocycles. The summed E-state index contributed by atoms with van der Waals surface area (Å²) in [4.78, 5) is 0. The average molecular weight is 217 g/mol. The summed E-state index contributed by atoms with van der Waals surface area (Å²) < 4.78 is 33.3. The van der Waals surface area contributed by atoms with Crippen molar-refractivity contribution in [2.45, 2.75) is 5.92 Å². The fourth-order valence-corrected chi connectivity index (χ4v) is 2.08. The molecule has 0 fully saturated rings. The van der Waals surface area contributed by atoms with E-state index >= 15 is 0 Å². The molecule has 1 aromatic rings. The molecule has 0 bridgehead atoms. The Balaban J connectivity index is 2.84. The number of hydrogen-bond acceptors (Lipinski definition) is 3. The quantitative estimate of drug-likeness (QED) is 0.766. The van der Waals surface area contributed by atoms with Crippen LogP contribution in [0.4, 0.5) is 3.89 Å². The molecule has 3 nitrogen and oxygen atoms in total. The van der Waals surface area contributed by atoms with Crippen molar-refractivity contribution < 1.29 is 12.3 Å². The smallest absolute Gasteiger partial charge is 0.303 e. The number of nitrogens with two attached hydrogens (primary N) is 1. The Labute approximate surface area is 83.0 Å². The molecule has 14 heavy (non-hydrogen) atoms. The molecule has 0 aliphatic rings. The zero-order chi connectivity index (χ0) is 10.6. The fourth-order valence-electron chi connectivity index (χ4n) is 1.27. The monoisotopic (exact) mass is 217 g/mol. The topological polar surface area (TPSA) is 60.2 Å². The highest BCUT2D eigenvalue weighted by Crippen LogP contribution is 2.16. The molecule has 1 aromatic carbocycles. The largest absolute Gasteiger partial charge is 0.330 e. The third-order valence-corrected chi connectivity index (χ3v) is 2.76. The van der Waals surface area contributed by atoms with E-state index in [4.69, 9.17) is 5.73 Å². The van der Waals surface area contributed by atoms with Gasteiger partial charge >= 0.3 is 10.2 Å². The van der Waals surface area contributed by atoms with E-state index in [0.717, 1.165) is 5.56 Å². The molecule has 0 radical (unpaired) electrons. The average Bonchev–Trinajstić information content (AvgIpc) is 2.14. The van der Waals surface area contributed by atoms with Gasteiger partial charge in [-0.25, -0.2) is 0 Å². The van der Waals surface area contributed by atoms with Crippen LogP contribution in [0.15, 0.2) is 30.3 Å². The Kier molecular flexibility index (Phi) is 3.60. The van der Waals surface area contributed by atoms with Crippen LogP contribution in [0.5, 0.6) is 0 Å². The van der Waals surface area contributed by atoms with E-state index in [0.29, 0.717) is 0 Å². The molecule has 0 aliphatic carbocycles. The highest BCUT2D eigenvalue weighted by atomic mass is 32.3. The SMILES string of the molecule is NCC(CS(=O)(=O)F)c1ccccc1. The van der Waals surface area contributed by atoms with E-state index in [1.165, 1.54) is 0 Å². The minimum atomic E-state index is -4.46. The number of hydrogen-bond donors (Lipinski definition) is 1. The Morgan fingerprint density at radius 2 is 1.86 bits per heavy atom. The molecule has 5 heteroatoms. The highest BCUT2D eigenvalue weighted by molar-refractivity contribution is 7.86. The second-order valence-electron chi connectivity index (χ2n) is 3.05. The van der Waals surface area contributed by atoms with Crippen molar-refractivity contribution >= 4 is 10.2 Å². The molecule has 0 saturated heterocycles. The minimum absolute atomic E-state index is 0.118. The first kappa shape index (κ1) is 11.1. The first-order valence-electron chi connectivity index (χ1n) is 4.20. The molecular formula is C9H12FNO2S. The summed E-state index contributed by atoms with van der Waals surface area (Å²) >= 11 is 0. The van der Waals surface area contributed by atoms with E-state index in [1.54, 1.807) is 30.3 Å². The van der Waals surface area contributed by atoms with Gasteiger partial charge in [0.05, 0.1) is 5.75 Å². The lowest BCUT2D eigenvalue weighted by molar-refractivity contribution is 0.544. The van der Waals surface area contributed by atoms with Gasteiger partial charge < -0.3 is 5.73 Å². The summed E-state index contributed by atoms with van der Waals surface area (Å²) in [5, 5.41) is 0. The maximum absolute atomic E-state index is 12.4. The van der Waals surface area contributed by atoms with E-state index in [9.17, 15) is 12.3 Å². The van der Waals surface area contributed by atoms with E-state index in [-0.39, 0.29) is 6.54 Å². The van der Waals surface area contributed by atoms with Gasteiger partial charge in [-0.2, -0.15) is 8.42 Å². The third-order valence-electron chi connectivity index (χ3n) is 1.96. The van der Waals surface area contributed by atoms with Crippen LogP contribution in [-0.2, 0) is 10.2 Å². The number of benzene rings is 1. The van der Waals surface area contributed by atoms with Crippen molar-refractivity contribution in [1.29, 1.82) is 0 Å². The summed E-state index contributed by atoms with van der Waals surface area (Å²) in [6, 6.07) is 8.82. The summed E-state index contributed by atoms with van der Waals surface area (Å²) in [6.07, 6.45) is 0. The number of halogens is 1. The molecule has 0 amide bonds. The maximum Gasteiger partial charge on any atom is 0.303 e. The molecular weight excluding hydrogens is 205 g/mol. The zero-order valence-electron chi connectivity index (χ0n) is 7.56. The molecule has 1 unspecified atom stereocenters. The lowest BCUT2D eigenvalue weighted by atomic mass is 10.0. The zero-order valence-corrected chi connectivity index (χ0v) is 8.37. The van der Waals surface area contributed by atoms with Gasteiger partial charge in [0, 0.05) is 12.5 Å². The lowest BCUT2D eigenvalue weighted by Crippen LogP contribution is -2.19. The van der Waals surface area contributed by atoms with Crippen molar-refractivity contribution in [1.82, 2.24) is 0 Å². The maximum atomic E-state index is 12.4. The van der Waals surface area contributed by atoms with Gasteiger partial charge in [-0.1, -0.05) is 30.3 Å². The third kappa shape index (κ3) is 3.43. The van der Waals surface area contributed by atoms with Crippen molar-refractivity contribution in [2.24, 2.45) is 5.73 Å². The first-order chi connectivity index (χ1) is 6.53. The summed E-state index contributed by atoms with van der Waals surface area (Å²) in [6.45, 7) is 0.118. The number of rotatable bonds is 4. The van der Waals surface area contributed by atoms with Crippen molar-refractivity contribution in [3.8, 4) is 0 Å². The molecule has 2 N–H and O–H groups in total. The van der Waals surface area contributed by atoms with Gasteiger partial charge in [-0.15, -0.1) is 3.89 Å². The van der Waals surface area contributed by atoms with E-state index < -0.39 is 21.9 Å². The second-order valence-corrected chi connectivity index (χ2v) is 4.46. The van der Waals surface area contributed by atoms with Gasteiger partial charge in [-0.05, 0) is 5.56 Å². The van der Waals surface area contributed by atoms with Crippen LogP contribution in [0.2, 0.25) is 0 Å². The summed E-state index contributed by atoms with van der Waals surface area (Å²) in [5.74, 6) is -1.01. The Morgan fingerprint density at radius 1 is 1.29 bits per heavy atom. The van der Waals surface area contributed by atoms with Gasteiger partial charge in [0.2, 0.25) is 0 Å². The highest BCUT2D eigenvalue weighted by Gasteiger charge is 2.18. The normalized spacial score (nSPS) is 13.9. The summed E-state index contributed by atoms with van der Waals surface area (Å²) in [7, 11) is -4.46. The van der Waals surface area contributed by atoms with Crippen LogP contribution >= 0.6 is 0 Å². The van der Waals surface area contributed by atoms with Gasteiger partial charge in [0.25, 0.3) is 0 Å². The minimum Gasteiger partial charge on any atom is -0.330 e. The predicted octanol–water partition coefficient (Wildman–Crippen LogP) is 1.03. The Morgan fingerprint density at radius 3 is 2.29 bits per heavy atom. The van der Waals surface area contributed by atoms with Gasteiger partial charge in [0.15, 0.2) is 0 Å². The fraction of sp³-hybridized carbons (Fsp3) is 0.333. The van der Waals surface area contributed by atoms with Crippen LogP contribution < -0.4 is 5.73 Å². The second kappa shape index (κ2) is 4.52. The van der Waals surface area contributed by atoms with Crippen LogP contribution in [0.1, 0.15) is 11.5 Å². The Bertz CT molecular complexity index is 377. The van der Waals surface area contributed by atoms with Crippen LogP contribution in [0.3, 0.4) is 0 Å². The predicted molar refractivity (Wildman–Crippen MR) is 53.1 cm³/mol. The Hall–Kier alpha value is -0.940. The van der Waals surface area contributed by atoms with Gasteiger partial charge in [0.1, 0.15) is 0 Å². The standard InChI is InChI=1S/C9H12FNO2S/c10-14(12,13)7-9(6-11)8-4-2-1-3-5-8/h1-5,9H,6-7,11H2. The summed E-state index contributed by atoms with van der Waals surface area (Å²) in [5.41, 5.74) is 6.13. The molecule has 0 heterocycles. The first-order valence-corrected chi connectivity index (χ1v) is 5.75. The van der Waals surface area contributed by atoms with Crippen LogP contribution in [0, 0.1) is 0 Å². The van der Waals surface area contributed by atoms with Crippen LogP contribution in [-0.4, -0.2) is 20.7 Å². The van der Waals surface area contributed by atoms with Crippen LogP contribution in [0.25, 0.3) is 0 Å². The van der Waals surface area contributed by atoms with Crippen molar-refractivity contribution in [3.63, 3.8) is 0 Å². The molecule has 0 aromatic heterocycles. The molecule has 1 atom stereocenters. The van der Waals surface area contributed by atoms with Crippen molar-refractivity contribution in [3.05, 3.63) is 35.9 Å².